The number of hydrogen-bond donors (Lipinski definition) is 0. The van der Waals surface area contributed by atoms with Crippen LogP contribution in [0.15, 0.2) is 24.3 Å². The van der Waals surface area contributed by atoms with Crippen molar-refractivity contribution >= 4 is 11.6 Å². The Morgan fingerprint density at radius 2 is 2.00 bits per heavy atom. The number of rotatable bonds is 1. The van der Waals surface area contributed by atoms with E-state index in [1.807, 2.05) is 43.9 Å². The van der Waals surface area contributed by atoms with Crippen LogP contribution in [0.2, 0.25) is 0 Å². The van der Waals surface area contributed by atoms with Gasteiger partial charge in [0.15, 0.2) is 0 Å². The highest BCUT2D eigenvalue weighted by Gasteiger charge is 2.21. The summed E-state index contributed by atoms with van der Waals surface area (Å²) in [5, 5.41) is 0. The van der Waals surface area contributed by atoms with Gasteiger partial charge in [0.2, 0.25) is 5.91 Å². The van der Waals surface area contributed by atoms with Crippen LogP contribution < -0.4 is 4.90 Å². The van der Waals surface area contributed by atoms with Crippen molar-refractivity contribution in [3.05, 3.63) is 29.8 Å². The van der Waals surface area contributed by atoms with E-state index in [-0.39, 0.29) is 5.91 Å². The van der Waals surface area contributed by atoms with Crippen LogP contribution in [0.4, 0.5) is 5.69 Å². The van der Waals surface area contributed by atoms with Gasteiger partial charge in [-0.15, -0.1) is 0 Å². The van der Waals surface area contributed by atoms with E-state index in [2.05, 4.69) is 6.07 Å². The number of anilines is 1. The van der Waals surface area contributed by atoms with Crippen molar-refractivity contribution in [2.45, 2.75) is 33.6 Å². The molecule has 1 heterocycles. The minimum Gasteiger partial charge on any atom is -0.312 e. The second-order valence-corrected chi connectivity index (χ2v) is 3.49. The Balaban J connectivity index is 0.000000531. The first-order chi connectivity index (χ1) is 7.27. The van der Waals surface area contributed by atoms with Crippen molar-refractivity contribution in [1.82, 2.24) is 0 Å². The third-order valence-electron chi connectivity index (χ3n) is 2.39. The molecule has 1 fully saturated rings. The maximum absolute atomic E-state index is 11.4. The van der Waals surface area contributed by atoms with E-state index >= 15 is 0 Å². The van der Waals surface area contributed by atoms with Crippen molar-refractivity contribution in [2.24, 2.45) is 0 Å². The molecule has 1 aromatic rings. The average Bonchev–Trinajstić information content (AvgIpc) is 2.67. The molecule has 0 spiro atoms. The second kappa shape index (κ2) is 5.54. The zero-order valence-corrected chi connectivity index (χ0v) is 9.79. The van der Waals surface area contributed by atoms with Crippen molar-refractivity contribution < 1.29 is 4.79 Å². The lowest BCUT2D eigenvalue weighted by atomic mass is 10.2. The van der Waals surface area contributed by atoms with Crippen LogP contribution in [0.1, 0.15) is 32.3 Å². The van der Waals surface area contributed by atoms with Gasteiger partial charge >= 0.3 is 0 Å². The summed E-state index contributed by atoms with van der Waals surface area (Å²) >= 11 is 0. The van der Waals surface area contributed by atoms with E-state index in [1.165, 1.54) is 5.56 Å². The molecular weight excluding hydrogens is 186 g/mol. The van der Waals surface area contributed by atoms with Gasteiger partial charge in [-0.3, -0.25) is 4.79 Å². The SMILES string of the molecule is CC.Cc1cccc(N2CCCC2=O)c1. The van der Waals surface area contributed by atoms with E-state index in [1.54, 1.807) is 0 Å². The van der Waals surface area contributed by atoms with E-state index < -0.39 is 0 Å². The molecule has 2 rings (SSSR count). The molecule has 15 heavy (non-hydrogen) atoms. The first-order valence-corrected chi connectivity index (χ1v) is 5.64. The van der Waals surface area contributed by atoms with Gasteiger partial charge in [-0.2, -0.15) is 0 Å². The Morgan fingerprint density at radius 1 is 1.27 bits per heavy atom. The van der Waals surface area contributed by atoms with Gasteiger partial charge < -0.3 is 4.90 Å². The predicted molar refractivity (Wildman–Crippen MR) is 64.1 cm³/mol. The quantitative estimate of drug-likeness (QED) is 0.689. The summed E-state index contributed by atoms with van der Waals surface area (Å²) < 4.78 is 0. The molecule has 0 radical (unpaired) electrons. The van der Waals surface area contributed by atoms with Crippen LogP contribution in [0, 0.1) is 6.92 Å². The summed E-state index contributed by atoms with van der Waals surface area (Å²) in [6.07, 6.45) is 1.70. The van der Waals surface area contributed by atoms with Crippen molar-refractivity contribution in [2.75, 3.05) is 11.4 Å². The number of carbonyl (C=O) groups is 1. The number of nitrogens with zero attached hydrogens (tertiary/aromatic N) is 1. The van der Waals surface area contributed by atoms with Gasteiger partial charge in [0.05, 0.1) is 0 Å². The fraction of sp³-hybridized carbons (Fsp3) is 0.462. The third kappa shape index (κ3) is 2.82. The lowest BCUT2D eigenvalue weighted by molar-refractivity contribution is -0.117. The number of aryl methyl sites for hydroxylation is 1. The molecular formula is C13H19NO. The van der Waals surface area contributed by atoms with Gasteiger partial charge in [-0.05, 0) is 31.0 Å². The maximum atomic E-state index is 11.4. The summed E-state index contributed by atoms with van der Waals surface area (Å²) in [6.45, 7) is 6.92. The van der Waals surface area contributed by atoms with Crippen molar-refractivity contribution in [3.63, 3.8) is 0 Å². The third-order valence-corrected chi connectivity index (χ3v) is 2.39. The number of amides is 1. The van der Waals surface area contributed by atoms with Gasteiger partial charge in [0.25, 0.3) is 0 Å². The first kappa shape index (κ1) is 11.8. The Bertz CT molecular complexity index is 333. The molecule has 0 N–H and O–H groups in total. The number of hydrogen-bond acceptors (Lipinski definition) is 1. The lowest BCUT2D eigenvalue weighted by Crippen LogP contribution is -2.23. The molecule has 82 valence electrons. The predicted octanol–water partition coefficient (Wildman–Crippen LogP) is 3.15. The van der Waals surface area contributed by atoms with Crippen LogP contribution in [-0.2, 0) is 4.79 Å². The summed E-state index contributed by atoms with van der Waals surface area (Å²) in [7, 11) is 0. The molecule has 0 unspecified atom stereocenters. The highest BCUT2D eigenvalue weighted by molar-refractivity contribution is 5.95. The molecule has 0 saturated carbocycles. The highest BCUT2D eigenvalue weighted by Crippen LogP contribution is 2.21. The molecule has 0 atom stereocenters. The van der Waals surface area contributed by atoms with Crippen molar-refractivity contribution in [3.8, 4) is 0 Å². The van der Waals surface area contributed by atoms with E-state index in [0.717, 1.165) is 18.7 Å². The molecule has 0 bridgehead atoms. The normalized spacial score (nSPS) is 14.9. The minimum atomic E-state index is 0.255. The Morgan fingerprint density at radius 3 is 2.53 bits per heavy atom. The first-order valence-electron chi connectivity index (χ1n) is 5.64. The minimum absolute atomic E-state index is 0.255. The van der Waals surface area contributed by atoms with Crippen LogP contribution in [0.25, 0.3) is 0 Å². The Labute approximate surface area is 91.9 Å². The Hall–Kier alpha value is -1.31. The summed E-state index contributed by atoms with van der Waals surface area (Å²) in [5.74, 6) is 0.255. The maximum Gasteiger partial charge on any atom is 0.227 e. The van der Waals surface area contributed by atoms with Gasteiger partial charge in [-0.25, -0.2) is 0 Å². The zero-order chi connectivity index (χ0) is 11.3. The molecule has 0 aliphatic carbocycles. The fourth-order valence-electron chi connectivity index (χ4n) is 1.72. The standard InChI is InChI=1S/C11H13NO.C2H6/c1-9-4-2-5-10(8-9)12-7-3-6-11(12)13;1-2/h2,4-5,8H,3,6-7H2,1H3;1-2H3. The molecule has 2 heteroatoms. The van der Waals surface area contributed by atoms with Crippen LogP contribution in [0.5, 0.6) is 0 Å². The molecule has 1 saturated heterocycles. The second-order valence-electron chi connectivity index (χ2n) is 3.49. The van der Waals surface area contributed by atoms with Crippen LogP contribution in [0.3, 0.4) is 0 Å². The van der Waals surface area contributed by atoms with Gasteiger partial charge in [0, 0.05) is 18.7 Å². The largest absolute Gasteiger partial charge is 0.312 e. The molecule has 1 aromatic carbocycles. The monoisotopic (exact) mass is 205 g/mol. The number of benzene rings is 1. The van der Waals surface area contributed by atoms with Crippen molar-refractivity contribution in [1.29, 1.82) is 0 Å². The average molecular weight is 205 g/mol. The lowest BCUT2D eigenvalue weighted by Gasteiger charge is -2.15. The fourth-order valence-corrected chi connectivity index (χ4v) is 1.72. The molecule has 1 aliphatic heterocycles. The summed E-state index contributed by atoms with van der Waals surface area (Å²) in [6, 6.07) is 8.10. The smallest absolute Gasteiger partial charge is 0.227 e. The van der Waals surface area contributed by atoms with Crippen LogP contribution >= 0.6 is 0 Å². The summed E-state index contributed by atoms with van der Waals surface area (Å²) in [5.41, 5.74) is 2.25. The highest BCUT2D eigenvalue weighted by atomic mass is 16.2. The number of carbonyl (C=O) groups excluding carboxylic acids is 1. The Kier molecular flexibility index (Phi) is 4.35. The van der Waals surface area contributed by atoms with Gasteiger partial charge in [0.1, 0.15) is 0 Å². The summed E-state index contributed by atoms with van der Waals surface area (Å²) in [4.78, 5) is 13.3. The zero-order valence-electron chi connectivity index (χ0n) is 9.79. The van der Waals surface area contributed by atoms with E-state index in [9.17, 15) is 4.79 Å². The molecule has 1 aliphatic rings. The van der Waals surface area contributed by atoms with Gasteiger partial charge in [-0.1, -0.05) is 26.0 Å². The molecule has 1 amide bonds. The molecule has 0 aromatic heterocycles. The van der Waals surface area contributed by atoms with Crippen LogP contribution in [-0.4, -0.2) is 12.5 Å². The topological polar surface area (TPSA) is 20.3 Å². The van der Waals surface area contributed by atoms with E-state index in [4.69, 9.17) is 0 Å². The van der Waals surface area contributed by atoms with E-state index in [0.29, 0.717) is 6.42 Å². The molecule has 2 nitrogen and oxygen atoms in total.